The van der Waals surface area contributed by atoms with Crippen LogP contribution < -0.4 is 10.6 Å². The van der Waals surface area contributed by atoms with Gasteiger partial charge in [-0.05, 0) is 26.9 Å². The third-order valence-corrected chi connectivity index (χ3v) is 3.71. The van der Waals surface area contributed by atoms with Crippen molar-refractivity contribution in [1.29, 1.82) is 0 Å². The summed E-state index contributed by atoms with van der Waals surface area (Å²) >= 11 is 0. The molecule has 0 bridgehead atoms. The molecule has 1 aliphatic carbocycles. The molecule has 1 rings (SSSR count). The number of nitrogens with one attached hydrogen (secondary N) is 2. The van der Waals surface area contributed by atoms with Crippen LogP contribution in [0.25, 0.3) is 0 Å². The van der Waals surface area contributed by atoms with Gasteiger partial charge in [-0.25, -0.2) is 0 Å². The molecule has 0 radical (unpaired) electrons. The maximum absolute atomic E-state index is 4.21. The minimum absolute atomic E-state index is 0.297. The lowest BCUT2D eigenvalue weighted by atomic mass is 9.96. The van der Waals surface area contributed by atoms with Gasteiger partial charge in [-0.3, -0.25) is 4.99 Å². The molecule has 0 aromatic rings. The van der Waals surface area contributed by atoms with Crippen LogP contribution in [-0.4, -0.2) is 50.6 Å². The zero-order chi connectivity index (χ0) is 12.7. The van der Waals surface area contributed by atoms with E-state index in [0.29, 0.717) is 5.54 Å². The Morgan fingerprint density at radius 3 is 2.47 bits per heavy atom. The minimum atomic E-state index is 0.297. The van der Waals surface area contributed by atoms with Crippen molar-refractivity contribution in [2.75, 3.05) is 34.2 Å². The zero-order valence-electron chi connectivity index (χ0n) is 11.4. The molecule has 0 amide bonds. The van der Waals surface area contributed by atoms with Crippen molar-refractivity contribution < 1.29 is 0 Å². The highest BCUT2D eigenvalue weighted by Gasteiger charge is 2.35. The van der Waals surface area contributed by atoms with Crippen molar-refractivity contribution in [2.24, 2.45) is 4.99 Å². The number of hydrogen-bond donors (Lipinski definition) is 2. The molecular weight excluding hydrogens is 212 g/mol. The Morgan fingerprint density at radius 1 is 1.35 bits per heavy atom. The summed E-state index contributed by atoms with van der Waals surface area (Å²) in [6.07, 6.45) is 7.04. The van der Waals surface area contributed by atoms with Gasteiger partial charge in [0.2, 0.25) is 0 Å². The Hall–Kier alpha value is -1.03. The molecule has 0 aromatic heterocycles. The van der Waals surface area contributed by atoms with E-state index in [2.05, 4.69) is 41.2 Å². The summed E-state index contributed by atoms with van der Waals surface area (Å²) < 4.78 is 0. The van der Waals surface area contributed by atoms with E-state index in [-0.39, 0.29) is 0 Å². The molecule has 2 N–H and O–H groups in total. The Balaban J connectivity index is 2.48. The Labute approximate surface area is 105 Å². The molecule has 4 heteroatoms. The summed E-state index contributed by atoms with van der Waals surface area (Å²) in [4.78, 5) is 6.56. The van der Waals surface area contributed by atoms with E-state index in [1.807, 2.05) is 6.08 Å². The first-order chi connectivity index (χ1) is 8.14. The lowest BCUT2D eigenvalue weighted by molar-refractivity contribution is 0.160. The second-order valence-electron chi connectivity index (χ2n) is 4.92. The largest absolute Gasteiger partial charge is 0.355 e. The van der Waals surface area contributed by atoms with Crippen molar-refractivity contribution >= 4 is 5.96 Å². The Kier molecular flexibility index (Phi) is 5.48. The van der Waals surface area contributed by atoms with Crippen LogP contribution in [0, 0.1) is 0 Å². The average Bonchev–Trinajstić information content (AvgIpc) is 2.79. The standard InChI is InChI=1S/C13H26N4/c1-5-10-15-12(14-2)16-11-13(17(3)4)8-6-7-9-13/h5H,1,6-11H2,2-4H3,(H2,14,15,16). The van der Waals surface area contributed by atoms with Crippen LogP contribution in [0.2, 0.25) is 0 Å². The van der Waals surface area contributed by atoms with Crippen molar-refractivity contribution in [1.82, 2.24) is 15.5 Å². The molecule has 1 saturated carbocycles. The monoisotopic (exact) mass is 238 g/mol. The molecule has 4 nitrogen and oxygen atoms in total. The first-order valence-electron chi connectivity index (χ1n) is 6.37. The number of guanidine groups is 1. The smallest absolute Gasteiger partial charge is 0.191 e. The molecule has 0 unspecified atom stereocenters. The van der Waals surface area contributed by atoms with Crippen LogP contribution in [0.1, 0.15) is 25.7 Å². The second kappa shape index (κ2) is 6.64. The number of rotatable bonds is 5. The molecule has 98 valence electrons. The lowest BCUT2D eigenvalue weighted by Gasteiger charge is -2.36. The van der Waals surface area contributed by atoms with Crippen molar-refractivity contribution in [3.63, 3.8) is 0 Å². The third kappa shape index (κ3) is 3.73. The molecular formula is C13H26N4. The van der Waals surface area contributed by atoms with Crippen LogP contribution in [0.15, 0.2) is 17.6 Å². The summed E-state index contributed by atoms with van der Waals surface area (Å²) in [6.45, 7) is 5.39. The van der Waals surface area contributed by atoms with Gasteiger partial charge in [0.05, 0.1) is 0 Å². The first kappa shape index (κ1) is 14.0. The predicted octanol–water partition coefficient (Wildman–Crippen LogP) is 1.21. The lowest BCUT2D eigenvalue weighted by Crippen LogP contribution is -2.52. The van der Waals surface area contributed by atoms with Crippen LogP contribution in [-0.2, 0) is 0 Å². The van der Waals surface area contributed by atoms with Gasteiger partial charge in [-0.2, -0.15) is 0 Å². The molecule has 17 heavy (non-hydrogen) atoms. The minimum Gasteiger partial charge on any atom is -0.355 e. The van der Waals surface area contributed by atoms with Crippen LogP contribution in [0.4, 0.5) is 0 Å². The van der Waals surface area contributed by atoms with Crippen LogP contribution in [0.5, 0.6) is 0 Å². The SMILES string of the molecule is C=CCNC(=NC)NCC1(N(C)C)CCCC1. The predicted molar refractivity (Wildman–Crippen MR) is 74.4 cm³/mol. The first-order valence-corrected chi connectivity index (χ1v) is 6.37. The van der Waals surface area contributed by atoms with E-state index in [9.17, 15) is 0 Å². The summed E-state index contributed by atoms with van der Waals surface area (Å²) in [5.41, 5.74) is 0.297. The number of aliphatic imine (C=N–C) groups is 1. The molecule has 0 saturated heterocycles. The highest BCUT2D eigenvalue weighted by atomic mass is 15.2. The number of nitrogens with zero attached hydrogens (tertiary/aromatic N) is 2. The molecule has 1 aliphatic rings. The van der Waals surface area contributed by atoms with E-state index in [1.165, 1.54) is 25.7 Å². The summed E-state index contributed by atoms with van der Waals surface area (Å²) in [5.74, 6) is 0.859. The Bertz CT molecular complexity index is 265. The number of hydrogen-bond acceptors (Lipinski definition) is 2. The van der Waals surface area contributed by atoms with Gasteiger partial charge in [-0.15, -0.1) is 6.58 Å². The summed E-state index contributed by atoms with van der Waals surface area (Å²) in [7, 11) is 6.15. The van der Waals surface area contributed by atoms with Gasteiger partial charge in [0.15, 0.2) is 5.96 Å². The van der Waals surface area contributed by atoms with Crippen molar-refractivity contribution in [3.8, 4) is 0 Å². The van der Waals surface area contributed by atoms with Gasteiger partial charge in [0, 0.05) is 25.7 Å². The van der Waals surface area contributed by atoms with Gasteiger partial charge in [0.1, 0.15) is 0 Å². The normalized spacial score (nSPS) is 19.4. The van der Waals surface area contributed by atoms with Gasteiger partial charge in [-0.1, -0.05) is 18.9 Å². The quantitative estimate of drug-likeness (QED) is 0.430. The Morgan fingerprint density at radius 2 is 2.00 bits per heavy atom. The maximum atomic E-state index is 4.21. The van der Waals surface area contributed by atoms with E-state index in [0.717, 1.165) is 19.0 Å². The van der Waals surface area contributed by atoms with E-state index in [1.54, 1.807) is 7.05 Å². The van der Waals surface area contributed by atoms with E-state index in [4.69, 9.17) is 0 Å². The molecule has 1 fully saturated rings. The zero-order valence-corrected chi connectivity index (χ0v) is 11.4. The van der Waals surface area contributed by atoms with Crippen LogP contribution >= 0.6 is 0 Å². The molecule has 0 atom stereocenters. The fourth-order valence-electron chi connectivity index (χ4n) is 2.45. The summed E-state index contributed by atoms with van der Waals surface area (Å²) in [6, 6.07) is 0. The second-order valence-corrected chi connectivity index (χ2v) is 4.92. The average molecular weight is 238 g/mol. The number of likely N-dealkylation sites (N-methyl/N-ethyl adjacent to an activating group) is 1. The fourth-order valence-corrected chi connectivity index (χ4v) is 2.45. The third-order valence-electron chi connectivity index (χ3n) is 3.71. The molecule has 0 spiro atoms. The van der Waals surface area contributed by atoms with Gasteiger partial charge >= 0.3 is 0 Å². The maximum Gasteiger partial charge on any atom is 0.191 e. The summed E-state index contributed by atoms with van der Waals surface area (Å²) in [5, 5.41) is 6.62. The van der Waals surface area contributed by atoms with Crippen molar-refractivity contribution in [3.05, 3.63) is 12.7 Å². The van der Waals surface area contributed by atoms with E-state index >= 15 is 0 Å². The highest BCUT2D eigenvalue weighted by Crippen LogP contribution is 2.32. The highest BCUT2D eigenvalue weighted by molar-refractivity contribution is 5.79. The van der Waals surface area contributed by atoms with Gasteiger partial charge < -0.3 is 15.5 Å². The molecule has 0 heterocycles. The van der Waals surface area contributed by atoms with Crippen molar-refractivity contribution in [2.45, 2.75) is 31.2 Å². The fraction of sp³-hybridized carbons (Fsp3) is 0.769. The topological polar surface area (TPSA) is 39.7 Å². The van der Waals surface area contributed by atoms with Crippen LogP contribution in [0.3, 0.4) is 0 Å². The molecule has 0 aromatic carbocycles. The van der Waals surface area contributed by atoms with E-state index < -0.39 is 0 Å². The van der Waals surface area contributed by atoms with Gasteiger partial charge in [0.25, 0.3) is 0 Å². The molecule has 0 aliphatic heterocycles.